The highest BCUT2D eigenvalue weighted by atomic mass is 35.5. The molecule has 0 amide bonds. The van der Waals surface area contributed by atoms with Gasteiger partial charge in [0.1, 0.15) is 18.5 Å². The summed E-state index contributed by atoms with van der Waals surface area (Å²) >= 11 is 11.4. The molecule has 0 spiro atoms. The van der Waals surface area contributed by atoms with Crippen molar-refractivity contribution in [2.45, 2.75) is 6.10 Å². The quantitative estimate of drug-likeness (QED) is 0.861. The van der Waals surface area contributed by atoms with Crippen LogP contribution in [0.3, 0.4) is 0 Å². The summed E-state index contributed by atoms with van der Waals surface area (Å²) in [6.45, 7) is 0.0258. The zero-order valence-electron chi connectivity index (χ0n) is 7.71. The largest absolute Gasteiger partial charge is 0.488 e. The molecule has 0 fully saturated rings. The third-order valence-electron chi connectivity index (χ3n) is 1.66. The molecule has 0 radical (unpaired) electrons. The molecule has 3 N–H and O–H groups in total. The first-order valence-electron chi connectivity index (χ1n) is 4.20. The lowest BCUT2D eigenvalue weighted by Gasteiger charge is -2.12. The molecule has 0 aliphatic rings. The fourth-order valence-electron chi connectivity index (χ4n) is 0.914. The second-order valence-corrected chi connectivity index (χ2v) is 3.71. The van der Waals surface area contributed by atoms with E-state index in [0.29, 0.717) is 0 Å². The minimum Gasteiger partial charge on any atom is -0.488 e. The van der Waals surface area contributed by atoms with Crippen molar-refractivity contribution < 1.29 is 14.2 Å². The van der Waals surface area contributed by atoms with Crippen LogP contribution in [0.1, 0.15) is 0 Å². The maximum Gasteiger partial charge on any atom is 0.156 e. The van der Waals surface area contributed by atoms with Gasteiger partial charge in [0.15, 0.2) is 5.75 Å². The summed E-state index contributed by atoms with van der Waals surface area (Å²) in [5.74, 6) is -0.399. The molecule has 6 heteroatoms. The number of benzene rings is 1. The van der Waals surface area contributed by atoms with Gasteiger partial charge in [-0.1, -0.05) is 23.2 Å². The average Bonchev–Trinajstić information content (AvgIpc) is 2.15. The van der Waals surface area contributed by atoms with Crippen LogP contribution in [0, 0.1) is 5.82 Å². The van der Waals surface area contributed by atoms with Crippen molar-refractivity contribution in [3.8, 4) is 5.75 Å². The standard InChI is InChI=1S/C9H10Cl2FNO2/c10-7-1-5(12)2-8(11)9(7)15-4-6(14)3-13/h1-2,6,14H,3-4,13H2. The molecule has 0 aliphatic heterocycles. The lowest BCUT2D eigenvalue weighted by atomic mass is 10.3. The minimum absolute atomic E-state index is 0.0401. The van der Waals surface area contributed by atoms with E-state index in [0.717, 1.165) is 12.1 Å². The van der Waals surface area contributed by atoms with Crippen LogP contribution >= 0.6 is 23.2 Å². The molecule has 1 aromatic carbocycles. The molecular weight excluding hydrogens is 244 g/mol. The van der Waals surface area contributed by atoms with Crippen LogP contribution in [0.4, 0.5) is 4.39 Å². The Bertz CT molecular complexity index is 326. The Morgan fingerprint density at radius 1 is 1.40 bits per heavy atom. The number of aliphatic hydroxyl groups is 1. The van der Waals surface area contributed by atoms with Gasteiger partial charge in [-0.2, -0.15) is 0 Å². The van der Waals surface area contributed by atoms with E-state index in [1.807, 2.05) is 0 Å². The summed E-state index contributed by atoms with van der Waals surface area (Å²) < 4.78 is 17.9. The lowest BCUT2D eigenvalue weighted by molar-refractivity contribution is 0.114. The van der Waals surface area contributed by atoms with Crippen molar-refractivity contribution >= 4 is 23.2 Å². The fourth-order valence-corrected chi connectivity index (χ4v) is 1.48. The topological polar surface area (TPSA) is 55.5 Å². The van der Waals surface area contributed by atoms with Gasteiger partial charge in [0.05, 0.1) is 10.0 Å². The summed E-state index contributed by atoms with van der Waals surface area (Å²) in [6, 6.07) is 2.16. The lowest BCUT2D eigenvalue weighted by Crippen LogP contribution is -2.26. The van der Waals surface area contributed by atoms with E-state index < -0.39 is 11.9 Å². The maximum atomic E-state index is 12.8. The first kappa shape index (κ1) is 12.5. The van der Waals surface area contributed by atoms with Crippen molar-refractivity contribution in [1.29, 1.82) is 0 Å². The van der Waals surface area contributed by atoms with E-state index in [4.69, 9.17) is 38.8 Å². The number of aliphatic hydroxyl groups excluding tert-OH is 1. The molecule has 0 aromatic heterocycles. The molecule has 3 nitrogen and oxygen atoms in total. The molecule has 1 unspecified atom stereocenters. The highest BCUT2D eigenvalue weighted by Gasteiger charge is 2.11. The number of hydrogen-bond donors (Lipinski definition) is 2. The second kappa shape index (κ2) is 5.51. The molecular formula is C9H10Cl2FNO2. The van der Waals surface area contributed by atoms with Crippen LogP contribution in [0.25, 0.3) is 0 Å². The van der Waals surface area contributed by atoms with Gasteiger partial charge in [0.25, 0.3) is 0 Å². The predicted molar refractivity (Wildman–Crippen MR) is 57.0 cm³/mol. The second-order valence-electron chi connectivity index (χ2n) is 2.90. The van der Waals surface area contributed by atoms with Crippen LogP contribution < -0.4 is 10.5 Å². The molecule has 0 saturated carbocycles. The summed E-state index contributed by atoms with van der Waals surface area (Å²) in [5.41, 5.74) is 5.18. The third-order valence-corrected chi connectivity index (χ3v) is 2.22. The minimum atomic E-state index is -0.804. The summed E-state index contributed by atoms with van der Waals surface area (Å²) in [7, 11) is 0. The molecule has 1 rings (SSSR count). The van der Waals surface area contributed by atoms with Gasteiger partial charge < -0.3 is 15.6 Å². The van der Waals surface area contributed by atoms with Crippen molar-refractivity contribution in [3.05, 3.63) is 28.0 Å². The highest BCUT2D eigenvalue weighted by molar-refractivity contribution is 6.37. The summed E-state index contributed by atoms with van der Waals surface area (Å²) in [4.78, 5) is 0. The van der Waals surface area contributed by atoms with Crippen LogP contribution in [-0.4, -0.2) is 24.4 Å². The molecule has 15 heavy (non-hydrogen) atoms. The summed E-state index contributed by atoms with van der Waals surface area (Å²) in [5, 5.41) is 9.26. The number of hydrogen-bond acceptors (Lipinski definition) is 3. The Hall–Kier alpha value is -0.550. The van der Waals surface area contributed by atoms with Gasteiger partial charge in [-0.25, -0.2) is 4.39 Å². The van der Waals surface area contributed by atoms with Gasteiger partial charge in [-0.3, -0.25) is 0 Å². The first-order valence-corrected chi connectivity index (χ1v) is 4.95. The molecule has 0 aliphatic carbocycles. The fraction of sp³-hybridized carbons (Fsp3) is 0.333. The SMILES string of the molecule is NCC(O)COc1c(Cl)cc(F)cc1Cl. The maximum absolute atomic E-state index is 12.8. The smallest absolute Gasteiger partial charge is 0.156 e. The zero-order valence-corrected chi connectivity index (χ0v) is 9.22. The van der Waals surface area contributed by atoms with Gasteiger partial charge >= 0.3 is 0 Å². The summed E-state index contributed by atoms with van der Waals surface area (Å²) in [6.07, 6.45) is -0.804. The van der Waals surface area contributed by atoms with Crippen molar-refractivity contribution in [2.75, 3.05) is 13.2 Å². The number of nitrogens with two attached hydrogens (primary N) is 1. The zero-order chi connectivity index (χ0) is 11.4. The number of rotatable bonds is 4. The van der Waals surface area contributed by atoms with Gasteiger partial charge in [0.2, 0.25) is 0 Å². The Morgan fingerprint density at radius 2 is 1.93 bits per heavy atom. The molecule has 0 bridgehead atoms. The Morgan fingerprint density at radius 3 is 2.40 bits per heavy atom. The molecule has 84 valence electrons. The normalized spacial score (nSPS) is 12.6. The molecule has 1 aromatic rings. The van der Waals surface area contributed by atoms with E-state index in [1.54, 1.807) is 0 Å². The van der Waals surface area contributed by atoms with Crippen LogP contribution in [-0.2, 0) is 0 Å². The molecule has 0 heterocycles. The van der Waals surface area contributed by atoms with Gasteiger partial charge in [-0.15, -0.1) is 0 Å². The monoisotopic (exact) mass is 253 g/mol. The highest BCUT2D eigenvalue weighted by Crippen LogP contribution is 2.33. The molecule has 0 saturated heterocycles. The predicted octanol–water partition coefficient (Wildman–Crippen LogP) is 1.83. The van der Waals surface area contributed by atoms with Crippen LogP contribution in [0.2, 0.25) is 10.0 Å². The van der Waals surface area contributed by atoms with E-state index in [2.05, 4.69) is 0 Å². The van der Waals surface area contributed by atoms with Crippen molar-refractivity contribution in [3.63, 3.8) is 0 Å². The number of halogens is 3. The van der Waals surface area contributed by atoms with Crippen LogP contribution in [0.15, 0.2) is 12.1 Å². The first-order chi connectivity index (χ1) is 7.04. The average molecular weight is 254 g/mol. The molecule has 1 atom stereocenters. The van der Waals surface area contributed by atoms with Crippen molar-refractivity contribution in [1.82, 2.24) is 0 Å². The Kier molecular flexibility index (Phi) is 4.60. The van der Waals surface area contributed by atoms with Gasteiger partial charge in [0, 0.05) is 6.54 Å². The Labute approximate surface area is 96.5 Å². The van der Waals surface area contributed by atoms with E-state index in [9.17, 15) is 4.39 Å². The Balaban J connectivity index is 2.77. The van der Waals surface area contributed by atoms with E-state index in [-0.39, 0.29) is 28.9 Å². The van der Waals surface area contributed by atoms with Crippen LogP contribution in [0.5, 0.6) is 5.75 Å². The van der Waals surface area contributed by atoms with Gasteiger partial charge in [-0.05, 0) is 12.1 Å². The third kappa shape index (κ3) is 3.50. The van der Waals surface area contributed by atoms with Crippen molar-refractivity contribution in [2.24, 2.45) is 5.73 Å². The number of ether oxygens (including phenoxy) is 1. The van der Waals surface area contributed by atoms with E-state index >= 15 is 0 Å². The van der Waals surface area contributed by atoms with E-state index in [1.165, 1.54) is 0 Å².